The predicted molar refractivity (Wildman–Crippen MR) is 79.6 cm³/mol. The summed E-state index contributed by atoms with van der Waals surface area (Å²) in [4.78, 5) is 24.0. The largest absolute Gasteiger partial charge is 0.497 e. The maximum Gasteiger partial charge on any atom is 0.253 e. The Morgan fingerprint density at radius 3 is 1.95 bits per heavy atom. The van der Waals surface area contributed by atoms with Crippen LogP contribution < -0.4 is 9.47 Å². The molecule has 0 fully saturated rings. The summed E-state index contributed by atoms with van der Waals surface area (Å²) in [7, 11) is 3.03. The van der Waals surface area contributed by atoms with Crippen molar-refractivity contribution in [1.29, 1.82) is 0 Å². The van der Waals surface area contributed by atoms with Gasteiger partial charge in [0.15, 0.2) is 5.78 Å². The minimum atomic E-state index is -0.686. The van der Waals surface area contributed by atoms with Gasteiger partial charge in [0.05, 0.1) is 14.2 Å². The lowest BCUT2D eigenvalue weighted by atomic mass is 9.98. The van der Waals surface area contributed by atoms with Gasteiger partial charge in [-0.1, -0.05) is 0 Å². The number of carbonyl (C=O) groups is 2. The molecule has 0 unspecified atom stereocenters. The second-order valence-electron chi connectivity index (χ2n) is 4.24. The molecule has 21 heavy (non-hydrogen) atoms. The Morgan fingerprint density at radius 2 is 1.43 bits per heavy atom. The lowest BCUT2D eigenvalue weighted by Crippen LogP contribution is -2.08. The molecule has 0 saturated heterocycles. The van der Waals surface area contributed by atoms with Crippen LogP contribution in [0.2, 0.25) is 0 Å². The standard InChI is InChI=1S/C16H13ClO4/c1-20-11-5-3-10(4-6-11)15(18)14-9-12(21-2)7-8-13(14)16(17)19/h3-9H,1-2H3. The Balaban J connectivity index is 2.47. The zero-order valence-electron chi connectivity index (χ0n) is 11.6. The average Bonchev–Trinajstić information content (AvgIpc) is 2.53. The molecule has 5 heteroatoms. The van der Waals surface area contributed by atoms with E-state index in [2.05, 4.69) is 0 Å². The van der Waals surface area contributed by atoms with Crippen LogP contribution in [-0.2, 0) is 0 Å². The first-order valence-corrected chi connectivity index (χ1v) is 6.51. The van der Waals surface area contributed by atoms with Crippen LogP contribution in [0.3, 0.4) is 0 Å². The first-order chi connectivity index (χ1) is 10.1. The van der Waals surface area contributed by atoms with E-state index in [1.807, 2.05) is 0 Å². The third-order valence-corrected chi connectivity index (χ3v) is 3.24. The number of benzene rings is 2. The molecule has 0 amide bonds. The number of methoxy groups -OCH3 is 2. The molecule has 0 N–H and O–H groups in total. The van der Waals surface area contributed by atoms with Gasteiger partial charge in [0.2, 0.25) is 0 Å². The van der Waals surface area contributed by atoms with Gasteiger partial charge in [0.1, 0.15) is 11.5 Å². The van der Waals surface area contributed by atoms with Gasteiger partial charge in [0.25, 0.3) is 5.24 Å². The summed E-state index contributed by atoms with van der Waals surface area (Å²) in [5.74, 6) is 0.819. The quantitative estimate of drug-likeness (QED) is 0.628. The molecule has 0 saturated carbocycles. The smallest absolute Gasteiger partial charge is 0.253 e. The van der Waals surface area contributed by atoms with Gasteiger partial charge in [-0.05, 0) is 54.1 Å². The molecule has 0 aliphatic heterocycles. The van der Waals surface area contributed by atoms with Crippen LogP contribution in [0.25, 0.3) is 0 Å². The highest BCUT2D eigenvalue weighted by molar-refractivity contribution is 6.68. The van der Waals surface area contributed by atoms with Crippen LogP contribution >= 0.6 is 11.6 Å². The van der Waals surface area contributed by atoms with Gasteiger partial charge in [0, 0.05) is 16.7 Å². The number of hydrogen-bond donors (Lipinski definition) is 0. The lowest BCUT2D eigenvalue weighted by Gasteiger charge is -2.08. The third kappa shape index (κ3) is 3.23. The summed E-state index contributed by atoms with van der Waals surface area (Å²) in [6.07, 6.45) is 0. The number of ketones is 1. The molecule has 0 heterocycles. The minimum absolute atomic E-state index is 0.151. The second kappa shape index (κ2) is 6.41. The number of hydrogen-bond acceptors (Lipinski definition) is 4. The normalized spacial score (nSPS) is 10.0. The van der Waals surface area contributed by atoms with E-state index in [4.69, 9.17) is 21.1 Å². The van der Waals surface area contributed by atoms with E-state index in [1.54, 1.807) is 37.4 Å². The van der Waals surface area contributed by atoms with Gasteiger partial charge >= 0.3 is 0 Å². The molecule has 2 rings (SSSR count). The summed E-state index contributed by atoms with van der Waals surface area (Å²) >= 11 is 5.53. The second-order valence-corrected chi connectivity index (χ2v) is 4.59. The van der Waals surface area contributed by atoms with Crippen LogP contribution in [0.15, 0.2) is 42.5 Å². The van der Waals surface area contributed by atoms with E-state index in [9.17, 15) is 9.59 Å². The molecule has 2 aromatic rings. The number of halogens is 1. The molecule has 0 aliphatic rings. The van der Waals surface area contributed by atoms with Crippen molar-refractivity contribution in [2.24, 2.45) is 0 Å². The molecular weight excluding hydrogens is 292 g/mol. The van der Waals surface area contributed by atoms with E-state index in [0.29, 0.717) is 17.1 Å². The molecule has 4 nitrogen and oxygen atoms in total. The van der Waals surface area contributed by atoms with Crippen molar-refractivity contribution in [2.45, 2.75) is 0 Å². The zero-order chi connectivity index (χ0) is 15.4. The highest BCUT2D eigenvalue weighted by atomic mass is 35.5. The van der Waals surface area contributed by atoms with Gasteiger partial charge in [-0.15, -0.1) is 0 Å². The van der Waals surface area contributed by atoms with Gasteiger partial charge < -0.3 is 9.47 Å². The fourth-order valence-electron chi connectivity index (χ4n) is 1.91. The van der Waals surface area contributed by atoms with Crippen molar-refractivity contribution < 1.29 is 19.1 Å². The number of ether oxygens (including phenoxy) is 2. The van der Waals surface area contributed by atoms with E-state index in [1.165, 1.54) is 19.2 Å². The molecule has 0 bridgehead atoms. The first kappa shape index (κ1) is 15.1. The minimum Gasteiger partial charge on any atom is -0.497 e. The van der Waals surface area contributed by atoms with Crippen molar-refractivity contribution in [2.75, 3.05) is 14.2 Å². The topological polar surface area (TPSA) is 52.6 Å². The van der Waals surface area contributed by atoms with Crippen molar-refractivity contribution in [1.82, 2.24) is 0 Å². The molecule has 0 atom stereocenters. The Kier molecular flexibility index (Phi) is 4.60. The highest BCUT2D eigenvalue weighted by Crippen LogP contribution is 2.23. The van der Waals surface area contributed by atoms with Crippen molar-refractivity contribution in [3.05, 3.63) is 59.2 Å². The number of carbonyl (C=O) groups excluding carboxylic acids is 2. The monoisotopic (exact) mass is 304 g/mol. The maximum absolute atomic E-state index is 12.5. The van der Waals surface area contributed by atoms with E-state index >= 15 is 0 Å². The van der Waals surface area contributed by atoms with E-state index in [-0.39, 0.29) is 16.9 Å². The predicted octanol–water partition coefficient (Wildman–Crippen LogP) is 3.31. The van der Waals surface area contributed by atoms with Gasteiger partial charge in [-0.2, -0.15) is 0 Å². The van der Waals surface area contributed by atoms with Crippen LogP contribution in [-0.4, -0.2) is 25.2 Å². The fraction of sp³-hybridized carbons (Fsp3) is 0.125. The van der Waals surface area contributed by atoms with Crippen LogP contribution in [0.5, 0.6) is 11.5 Å². The summed E-state index contributed by atoms with van der Waals surface area (Å²) < 4.78 is 10.1. The average molecular weight is 305 g/mol. The highest BCUT2D eigenvalue weighted by Gasteiger charge is 2.18. The van der Waals surface area contributed by atoms with Gasteiger partial charge in [-0.3, -0.25) is 9.59 Å². The lowest BCUT2D eigenvalue weighted by molar-refractivity contribution is 0.102. The SMILES string of the molecule is COc1ccc(C(=O)c2cc(OC)ccc2C(=O)Cl)cc1. The van der Waals surface area contributed by atoms with Crippen molar-refractivity contribution in [3.8, 4) is 11.5 Å². The van der Waals surface area contributed by atoms with E-state index < -0.39 is 5.24 Å². The summed E-state index contributed by atoms with van der Waals surface area (Å²) in [5, 5.41) is -0.686. The van der Waals surface area contributed by atoms with Crippen molar-refractivity contribution in [3.63, 3.8) is 0 Å². The molecule has 108 valence electrons. The zero-order valence-corrected chi connectivity index (χ0v) is 12.3. The molecular formula is C16H13ClO4. The Morgan fingerprint density at radius 1 is 0.857 bits per heavy atom. The van der Waals surface area contributed by atoms with E-state index in [0.717, 1.165) is 0 Å². The number of rotatable bonds is 5. The summed E-state index contributed by atoms with van der Waals surface area (Å²) in [5.41, 5.74) is 0.793. The van der Waals surface area contributed by atoms with Crippen LogP contribution in [0.4, 0.5) is 0 Å². The first-order valence-electron chi connectivity index (χ1n) is 6.13. The fourth-order valence-corrected chi connectivity index (χ4v) is 2.07. The van der Waals surface area contributed by atoms with Crippen molar-refractivity contribution >= 4 is 22.6 Å². The molecule has 0 radical (unpaired) electrons. The Bertz CT molecular complexity index is 677. The summed E-state index contributed by atoms with van der Waals surface area (Å²) in [6.45, 7) is 0. The van der Waals surface area contributed by atoms with Crippen LogP contribution in [0, 0.1) is 0 Å². The Hall–Kier alpha value is -2.33. The molecule has 0 aliphatic carbocycles. The molecule has 0 aromatic heterocycles. The summed E-state index contributed by atoms with van der Waals surface area (Å²) in [6, 6.07) is 11.2. The van der Waals surface area contributed by atoms with Gasteiger partial charge in [-0.25, -0.2) is 0 Å². The third-order valence-electron chi connectivity index (χ3n) is 3.04. The maximum atomic E-state index is 12.5. The van der Waals surface area contributed by atoms with Crippen LogP contribution in [0.1, 0.15) is 26.3 Å². The Labute approximate surface area is 127 Å². The molecule has 0 spiro atoms. The molecule has 2 aromatic carbocycles.